The van der Waals surface area contributed by atoms with Crippen LogP contribution in [0.3, 0.4) is 0 Å². The number of rotatable bonds is 7. The molecule has 0 atom stereocenters. The summed E-state index contributed by atoms with van der Waals surface area (Å²) >= 11 is 0. The van der Waals surface area contributed by atoms with E-state index < -0.39 is 0 Å². The molecular formula is C28H30O5. The van der Waals surface area contributed by atoms with Crippen molar-refractivity contribution in [2.45, 2.75) is 47.5 Å². The number of benzene rings is 3. The van der Waals surface area contributed by atoms with Gasteiger partial charge in [0.2, 0.25) is 0 Å². The van der Waals surface area contributed by atoms with Crippen molar-refractivity contribution in [1.29, 1.82) is 0 Å². The standard InChI is InChI=1S/C28H30O5/c1-17-7-9-26(32-20(4)29)22(11-17)15-24-13-19(3)14-25(28(24)31-6)16-23-12-18(2)8-10-27(23)33-21(5)30/h7-14H,15-16H2,1-6H3. The minimum absolute atomic E-state index is 0.352. The summed E-state index contributed by atoms with van der Waals surface area (Å²) in [6.07, 6.45) is 1.10. The van der Waals surface area contributed by atoms with Crippen molar-refractivity contribution < 1.29 is 23.8 Å². The van der Waals surface area contributed by atoms with Crippen LogP contribution in [0.15, 0.2) is 48.5 Å². The van der Waals surface area contributed by atoms with Crippen LogP contribution >= 0.6 is 0 Å². The third kappa shape index (κ3) is 6.22. The van der Waals surface area contributed by atoms with Gasteiger partial charge in [0, 0.05) is 26.7 Å². The Labute approximate surface area is 195 Å². The van der Waals surface area contributed by atoms with Crippen LogP contribution < -0.4 is 14.2 Å². The topological polar surface area (TPSA) is 61.8 Å². The van der Waals surface area contributed by atoms with E-state index in [-0.39, 0.29) is 11.9 Å². The van der Waals surface area contributed by atoms with Gasteiger partial charge in [0.1, 0.15) is 17.2 Å². The lowest BCUT2D eigenvalue weighted by Gasteiger charge is -2.18. The summed E-state index contributed by atoms with van der Waals surface area (Å²) in [7, 11) is 1.66. The van der Waals surface area contributed by atoms with Gasteiger partial charge in [0.15, 0.2) is 0 Å². The van der Waals surface area contributed by atoms with Crippen molar-refractivity contribution in [2.75, 3.05) is 7.11 Å². The number of esters is 2. The molecule has 3 rings (SSSR count). The molecule has 0 bridgehead atoms. The van der Waals surface area contributed by atoms with Gasteiger partial charge in [-0.2, -0.15) is 0 Å². The Hall–Kier alpha value is -3.60. The molecule has 0 heterocycles. The fraction of sp³-hybridized carbons (Fsp3) is 0.286. The van der Waals surface area contributed by atoms with Crippen LogP contribution in [0.5, 0.6) is 17.2 Å². The summed E-state index contributed by atoms with van der Waals surface area (Å²) < 4.78 is 16.7. The van der Waals surface area contributed by atoms with Crippen LogP contribution in [0.2, 0.25) is 0 Å². The second-order valence-corrected chi connectivity index (χ2v) is 8.38. The molecule has 0 aliphatic rings. The van der Waals surface area contributed by atoms with Crippen LogP contribution in [0, 0.1) is 20.8 Å². The SMILES string of the molecule is COc1c(Cc2cc(C)ccc2OC(C)=O)cc(C)cc1Cc1cc(C)ccc1OC(C)=O. The molecule has 0 aromatic heterocycles. The number of aryl methyl sites for hydroxylation is 3. The van der Waals surface area contributed by atoms with E-state index in [1.54, 1.807) is 7.11 Å². The van der Waals surface area contributed by atoms with E-state index in [4.69, 9.17) is 14.2 Å². The molecule has 5 nitrogen and oxygen atoms in total. The van der Waals surface area contributed by atoms with Gasteiger partial charge >= 0.3 is 11.9 Å². The van der Waals surface area contributed by atoms with Crippen molar-refractivity contribution in [3.8, 4) is 17.2 Å². The summed E-state index contributed by atoms with van der Waals surface area (Å²) in [4.78, 5) is 23.2. The monoisotopic (exact) mass is 446 g/mol. The number of carbonyl (C=O) groups excluding carboxylic acids is 2. The predicted molar refractivity (Wildman–Crippen MR) is 128 cm³/mol. The third-order valence-corrected chi connectivity index (χ3v) is 5.29. The van der Waals surface area contributed by atoms with Gasteiger partial charge in [-0.1, -0.05) is 53.1 Å². The van der Waals surface area contributed by atoms with Crippen LogP contribution in [-0.4, -0.2) is 19.0 Å². The molecule has 33 heavy (non-hydrogen) atoms. The highest BCUT2D eigenvalue weighted by molar-refractivity contribution is 5.70. The van der Waals surface area contributed by atoms with E-state index in [0.717, 1.165) is 44.7 Å². The third-order valence-electron chi connectivity index (χ3n) is 5.29. The lowest BCUT2D eigenvalue weighted by Crippen LogP contribution is -2.07. The van der Waals surface area contributed by atoms with Crippen molar-refractivity contribution in [1.82, 2.24) is 0 Å². The smallest absolute Gasteiger partial charge is 0.308 e. The maximum atomic E-state index is 11.6. The molecule has 5 heteroatoms. The highest BCUT2D eigenvalue weighted by Gasteiger charge is 2.17. The second kappa shape index (κ2) is 10.3. The molecule has 0 saturated heterocycles. The van der Waals surface area contributed by atoms with E-state index in [2.05, 4.69) is 12.1 Å². The molecule has 0 N–H and O–H groups in total. The molecule has 0 radical (unpaired) electrons. The zero-order chi connectivity index (χ0) is 24.1. The van der Waals surface area contributed by atoms with Crippen LogP contribution in [0.1, 0.15) is 52.8 Å². The minimum atomic E-state index is -0.352. The van der Waals surface area contributed by atoms with Crippen LogP contribution in [0.25, 0.3) is 0 Å². The molecular weight excluding hydrogens is 416 g/mol. The van der Waals surface area contributed by atoms with Gasteiger partial charge < -0.3 is 14.2 Å². The number of hydrogen-bond acceptors (Lipinski definition) is 5. The molecule has 0 fully saturated rings. The van der Waals surface area contributed by atoms with E-state index in [1.807, 2.05) is 57.2 Å². The Morgan fingerprint density at radius 1 is 0.636 bits per heavy atom. The summed E-state index contributed by atoms with van der Waals surface area (Å²) in [5.41, 5.74) is 7.06. The first kappa shape index (κ1) is 24.1. The number of ether oxygens (including phenoxy) is 3. The lowest BCUT2D eigenvalue weighted by molar-refractivity contribution is -0.132. The molecule has 3 aromatic carbocycles. The Bertz CT molecular complexity index is 1100. The van der Waals surface area contributed by atoms with Crippen molar-refractivity contribution >= 4 is 11.9 Å². The van der Waals surface area contributed by atoms with Gasteiger partial charge in [-0.3, -0.25) is 9.59 Å². The second-order valence-electron chi connectivity index (χ2n) is 8.38. The normalized spacial score (nSPS) is 10.6. The summed E-state index contributed by atoms with van der Waals surface area (Å²) in [5, 5.41) is 0. The maximum absolute atomic E-state index is 11.6. The zero-order valence-electron chi connectivity index (χ0n) is 20.1. The van der Waals surface area contributed by atoms with Gasteiger partial charge in [-0.05, 0) is 55.2 Å². The molecule has 0 amide bonds. The van der Waals surface area contributed by atoms with Gasteiger partial charge in [-0.15, -0.1) is 0 Å². The summed E-state index contributed by atoms with van der Waals surface area (Å²) in [6.45, 7) is 8.86. The number of hydrogen-bond donors (Lipinski definition) is 0. The highest BCUT2D eigenvalue weighted by Crippen LogP contribution is 2.34. The average molecular weight is 447 g/mol. The Balaban J connectivity index is 2.05. The molecule has 0 aliphatic heterocycles. The van der Waals surface area contributed by atoms with Crippen molar-refractivity contribution in [3.05, 3.63) is 87.5 Å². The average Bonchev–Trinajstić information content (AvgIpc) is 2.71. The first-order valence-corrected chi connectivity index (χ1v) is 10.9. The Morgan fingerprint density at radius 2 is 1.03 bits per heavy atom. The largest absolute Gasteiger partial charge is 0.496 e. The van der Waals surface area contributed by atoms with Crippen molar-refractivity contribution in [3.63, 3.8) is 0 Å². The molecule has 0 spiro atoms. The number of carbonyl (C=O) groups is 2. The fourth-order valence-electron chi connectivity index (χ4n) is 4.07. The summed E-state index contributed by atoms with van der Waals surface area (Å²) in [5.74, 6) is 1.16. The van der Waals surface area contributed by atoms with Gasteiger partial charge in [0.05, 0.1) is 7.11 Å². The first-order chi connectivity index (χ1) is 15.7. The number of methoxy groups -OCH3 is 1. The predicted octanol–water partition coefficient (Wildman–Crippen LogP) is 5.65. The van der Waals surface area contributed by atoms with Crippen LogP contribution in [0.4, 0.5) is 0 Å². The van der Waals surface area contributed by atoms with Crippen molar-refractivity contribution in [2.24, 2.45) is 0 Å². The van der Waals surface area contributed by atoms with Gasteiger partial charge in [-0.25, -0.2) is 0 Å². The Morgan fingerprint density at radius 3 is 1.39 bits per heavy atom. The Kier molecular flexibility index (Phi) is 7.54. The molecule has 172 valence electrons. The highest BCUT2D eigenvalue weighted by atomic mass is 16.5. The quantitative estimate of drug-likeness (QED) is 0.347. The van der Waals surface area contributed by atoms with E-state index >= 15 is 0 Å². The molecule has 0 aliphatic carbocycles. The molecule has 0 unspecified atom stereocenters. The lowest BCUT2D eigenvalue weighted by atomic mass is 9.94. The van der Waals surface area contributed by atoms with E-state index in [1.165, 1.54) is 13.8 Å². The minimum Gasteiger partial charge on any atom is -0.496 e. The molecule has 3 aromatic rings. The summed E-state index contributed by atoms with van der Waals surface area (Å²) in [6, 6.07) is 15.7. The van der Waals surface area contributed by atoms with E-state index in [0.29, 0.717) is 24.3 Å². The first-order valence-electron chi connectivity index (χ1n) is 10.9. The van der Waals surface area contributed by atoms with E-state index in [9.17, 15) is 9.59 Å². The van der Waals surface area contributed by atoms with Crippen LogP contribution in [-0.2, 0) is 22.4 Å². The zero-order valence-corrected chi connectivity index (χ0v) is 20.1. The fourth-order valence-corrected chi connectivity index (χ4v) is 4.07. The van der Waals surface area contributed by atoms with Gasteiger partial charge in [0.25, 0.3) is 0 Å². The molecule has 0 saturated carbocycles. The maximum Gasteiger partial charge on any atom is 0.308 e.